The second kappa shape index (κ2) is 5.83. The highest BCUT2D eigenvalue weighted by atomic mass is 35.5. The van der Waals surface area contributed by atoms with E-state index >= 15 is 0 Å². The van der Waals surface area contributed by atoms with Crippen LogP contribution >= 0.6 is 22.9 Å². The number of nitrogens with one attached hydrogen (secondary N) is 1. The topological polar surface area (TPSA) is 12.0 Å². The van der Waals surface area contributed by atoms with Crippen LogP contribution in [0.25, 0.3) is 0 Å². The molecular formula is C14H15ClFNS. The van der Waals surface area contributed by atoms with Gasteiger partial charge >= 0.3 is 0 Å². The summed E-state index contributed by atoms with van der Waals surface area (Å²) in [6.45, 7) is 1.97. The molecule has 1 heterocycles. The van der Waals surface area contributed by atoms with Gasteiger partial charge in [-0.1, -0.05) is 29.3 Å². The van der Waals surface area contributed by atoms with Crippen molar-refractivity contribution in [1.29, 1.82) is 0 Å². The van der Waals surface area contributed by atoms with Gasteiger partial charge in [-0.2, -0.15) is 0 Å². The molecule has 0 saturated heterocycles. The maximum Gasteiger partial charge on any atom is 0.128 e. The van der Waals surface area contributed by atoms with E-state index in [9.17, 15) is 4.39 Å². The number of hydrogen-bond donors (Lipinski definition) is 1. The first kappa shape index (κ1) is 13.5. The van der Waals surface area contributed by atoms with E-state index in [1.165, 1.54) is 17.4 Å². The van der Waals surface area contributed by atoms with E-state index in [0.29, 0.717) is 5.56 Å². The van der Waals surface area contributed by atoms with Gasteiger partial charge in [0.1, 0.15) is 5.82 Å². The Hall–Kier alpha value is -0.900. The van der Waals surface area contributed by atoms with E-state index in [1.54, 1.807) is 6.07 Å². The lowest BCUT2D eigenvalue weighted by molar-refractivity contribution is 0.536. The van der Waals surface area contributed by atoms with E-state index < -0.39 is 0 Å². The molecule has 0 bridgehead atoms. The molecule has 2 aromatic rings. The van der Waals surface area contributed by atoms with Crippen molar-refractivity contribution in [2.45, 2.75) is 19.4 Å². The Morgan fingerprint density at radius 3 is 2.72 bits per heavy atom. The molecule has 0 saturated carbocycles. The van der Waals surface area contributed by atoms with Gasteiger partial charge in [0, 0.05) is 22.9 Å². The first-order valence-corrected chi connectivity index (χ1v) is 6.97. The predicted octanol–water partition coefficient (Wildman–Crippen LogP) is 4.35. The molecule has 1 aromatic heterocycles. The maximum absolute atomic E-state index is 13.9. The summed E-state index contributed by atoms with van der Waals surface area (Å²) in [5.41, 5.74) is 1.78. The third-order valence-electron chi connectivity index (χ3n) is 2.91. The van der Waals surface area contributed by atoms with Gasteiger partial charge in [-0.15, -0.1) is 11.3 Å². The molecule has 2 rings (SSSR count). The van der Waals surface area contributed by atoms with Crippen LogP contribution in [0.1, 0.15) is 22.0 Å². The molecule has 0 aliphatic rings. The summed E-state index contributed by atoms with van der Waals surface area (Å²) in [6.07, 6.45) is 0.744. The van der Waals surface area contributed by atoms with Gasteiger partial charge in [0.15, 0.2) is 0 Å². The molecule has 0 fully saturated rings. The number of hydrogen-bond acceptors (Lipinski definition) is 2. The van der Waals surface area contributed by atoms with Crippen molar-refractivity contribution >= 4 is 22.9 Å². The average molecular weight is 284 g/mol. The lowest BCUT2D eigenvalue weighted by Crippen LogP contribution is -2.19. The first-order chi connectivity index (χ1) is 8.60. The van der Waals surface area contributed by atoms with Gasteiger partial charge in [-0.3, -0.25) is 0 Å². The SMILES string of the molecule is CNC(Cc1ccc(Cl)s1)c1cc(C)ccc1F. The van der Waals surface area contributed by atoms with E-state index in [2.05, 4.69) is 5.32 Å². The van der Waals surface area contributed by atoms with E-state index in [0.717, 1.165) is 21.2 Å². The molecule has 1 nitrogen and oxygen atoms in total. The average Bonchev–Trinajstić information content (AvgIpc) is 2.75. The largest absolute Gasteiger partial charge is 0.313 e. The normalized spacial score (nSPS) is 12.7. The zero-order valence-electron chi connectivity index (χ0n) is 10.3. The molecular weight excluding hydrogens is 269 g/mol. The molecule has 0 aliphatic heterocycles. The second-order valence-corrected chi connectivity index (χ2v) is 6.08. The van der Waals surface area contributed by atoms with Gasteiger partial charge in [0.25, 0.3) is 0 Å². The summed E-state index contributed by atoms with van der Waals surface area (Å²) < 4.78 is 14.6. The summed E-state index contributed by atoms with van der Waals surface area (Å²) in [4.78, 5) is 1.15. The number of benzene rings is 1. The van der Waals surface area contributed by atoms with Crippen molar-refractivity contribution < 1.29 is 4.39 Å². The molecule has 0 spiro atoms. The Bertz CT molecular complexity index is 538. The Morgan fingerprint density at radius 1 is 1.33 bits per heavy atom. The summed E-state index contributed by atoms with van der Waals surface area (Å²) in [6, 6.07) is 9.04. The minimum Gasteiger partial charge on any atom is -0.313 e. The van der Waals surface area contributed by atoms with E-state index in [-0.39, 0.29) is 11.9 Å². The number of aryl methyl sites for hydroxylation is 1. The van der Waals surface area contributed by atoms with Crippen LogP contribution in [0.2, 0.25) is 4.34 Å². The molecule has 1 N–H and O–H groups in total. The van der Waals surface area contributed by atoms with Crippen LogP contribution in [0.15, 0.2) is 30.3 Å². The van der Waals surface area contributed by atoms with Crippen molar-refractivity contribution in [3.63, 3.8) is 0 Å². The Morgan fingerprint density at radius 2 is 2.11 bits per heavy atom. The monoisotopic (exact) mass is 283 g/mol. The van der Waals surface area contributed by atoms with Crippen LogP contribution in [0.3, 0.4) is 0 Å². The highest BCUT2D eigenvalue weighted by Crippen LogP contribution is 2.27. The molecule has 0 amide bonds. The summed E-state index contributed by atoms with van der Waals surface area (Å²) in [7, 11) is 1.85. The van der Waals surface area contributed by atoms with Gasteiger partial charge in [-0.05, 0) is 32.2 Å². The number of rotatable bonds is 4. The maximum atomic E-state index is 13.9. The summed E-state index contributed by atoms with van der Waals surface area (Å²) >= 11 is 7.45. The predicted molar refractivity (Wildman–Crippen MR) is 76.0 cm³/mol. The van der Waals surface area contributed by atoms with E-state index in [4.69, 9.17) is 11.6 Å². The quantitative estimate of drug-likeness (QED) is 0.879. The number of halogens is 2. The van der Waals surface area contributed by atoms with E-state index in [1.807, 2.05) is 32.2 Å². The Labute approximate surface area is 116 Å². The molecule has 1 atom stereocenters. The van der Waals surface area contributed by atoms with Crippen LogP contribution < -0.4 is 5.32 Å². The minimum absolute atomic E-state index is 0.0281. The fourth-order valence-corrected chi connectivity index (χ4v) is 3.09. The minimum atomic E-state index is -0.164. The van der Waals surface area contributed by atoms with Gasteiger partial charge in [0.05, 0.1) is 4.34 Å². The molecule has 1 aromatic carbocycles. The van der Waals surface area contributed by atoms with Crippen molar-refractivity contribution in [3.8, 4) is 0 Å². The van der Waals surface area contributed by atoms with Crippen LogP contribution in [0.5, 0.6) is 0 Å². The van der Waals surface area contributed by atoms with Crippen LogP contribution in [0, 0.1) is 12.7 Å². The summed E-state index contributed by atoms with van der Waals surface area (Å²) in [5, 5.41) is 3.17. The van der Waals surface area contributed by atoms with Crippen LogP contribution in [0.4, 0.5) is 4.39 Å². The first-order valence-electron chi connectivity index (χ1n) is 5.77. The highest BCUT2D eigenvalue weighted by Gasteiger charge is 2.15. The zero-order valence-corrected chi connectivity index (χ0v) is 11.9. The van der Waals surface area contributed by atoms with Crippen LogP contribution in [-0.4, -0.2) is 7.05 Å². The fraction of sp³-hybridized carbons (Fsp3) is 0.286. The zero-order chi connectivity index (χ0) is 13.1. The van der Waals surface area contributed by atoms with Crippen molar-refractivity contribution in [3.05, 3.63) is 56.5 Å². The molecule has 0 radical (unpaired) electrons. The smallest absolute Gasteiger partial charge is 0.128 e. The Balaban J connectivity index is 2.25. The third kappa shape index (κ3) is 3.10. The Kier molecular flexibility index (Phi) is 4.38. The molecule has 18 heavy (non-hydrogen) atoms. The van der Waals surface area contributed by atoms with Crippen molar-refractivity contribution in [2.75, 3.05) is 7.05 Å². The highest BCUT2D eigenvalue weighted by molar-refractivity contribution is 7.16. The molecule has 96 valence electrons. The summed E-state index contributed by atoms with van der Waals surface area (Å²) in [5.74, 6) is -0.164. The molecule has 1 unspecified atom stereocenters. The molecule has 4 heteroatoms. The van der Waals surface area contributed by atoms with Crippen LogP contribution in [-0.2, 0) is 6.42 Å². The van der Waals surface area contributed by atoms with Gasteiger partial charge in [0.2, 0.25) is 0 Å². The lowest BCUT2D eigenvalue weighted by atomic mass is 10.0. The molecule has 0 aliphatic carbocycles. The van der Waals surface area contributed by atoms with Gasteiger partial charge in [-0.25, -0.2) is 4.39 Å². The number of likely N-dealkylation sites (N-methyl/N-ethyl adjacent to an activating group) is 1. The van der Waals surface area contributed by atoms with Gasteiger partial charge < -0.3 is 5.32 Å². The standard InChI is InChI=1S/C14H15ClFNS/c1-9-3-5-12(16)11(7-9)13(17-2)8-10-4-6-14(15)18-10/h3-7,13,17H,8H2,1-2H3. The second-order valence-electron chi connectivity index (χ2n) is 4.28. The fourth-order valence-electron chi connectivity index (χ4n) is 1.96. The third-order valence-corrected chi connectivity index (χ3v) is 4.16. The van der Waals surface area contributed by atoms with Crippen molar-refractivity contribution in [1.82, 2.24) is 5.32 Å². The van der Waals surface area contributed by atoms with Crippen molar-refractivity contribution in [2.24, 2.45) is 0 Å². The number of thiophene rings is 1. The lowest BCUT2D eigenvalue weighted by Gasteiger charge is -2.17.